The molecule has 0 saturated carbocycles. The van der Waals surface area contributed by atoms with Crippen LogP contribution in [0.15, 0.2) is 30.4 Å². The summed E-state index contributed by atoms with van der Waals surface area (Å²) in [7, 11) is 0. The Balaban J connectivity index is 1.54. The summed E-state index contributed by atoms with van der Waals surface area (Å²) in [4.78, 5) is 12.3. The van der Waals surface area contributed by atoms with E-state index < -0.39 is 5.97 Å². The molecule has 1 aliphatic heterocycles. The first-order valence-corrected chi connectivity index (χ1v) is 8.99. The first-order chi connectivity index (χ1) is 11.6. The average Bonchev–Trinajstić information content (AvgIpc) is 2.57. The lowest BCUT2D eigenvalue weighted by Gasteiger charge is -2.29. The Labute approximate surface area is 151 Å². The van der Waals surface area contributed by atoms with Crippen molar-refractivity contribution < 1.29 is 19.0 Å². The lowest BCUT2D eigenvalue weighted by molar-refractivity contribution is -0.181. The molecule has 1 fully saturated rings. The molecular formula is C18H20Cl2O4. The largest absolute Gasteiger partial charge is 0.454 e. The molecule has 6 heteroatoms. The Kier molecular flexibility index (Phi) is 6.17. The fourth-order valence-corrected chi connectivity index (χ4v) is 3.43. The van der Waals surface area contributed by atoms with Gasteiger partial charge in [-0.25, -0.2) is 4.79 Å². The molecule has 1 unspecified atom stereocenters. The number of benzene rings is 1. The van der Waals surface area contributed by atoms with Crippen LogP contribution in [0.25, 0.3) is 0 Å². The van der Waals surface area contributed by atoms with Gasteiger partial charge in [-0.2, -0.15) is 0 Å². The van der Waals surface area contributed by atoms with Crippen LogP contribution in [0.5, 0.6) is 0 Å². The zero-order valence-corrected chi connectivity index (χ0v) is 14.8. The van der Waals surface area contributed by atoms with E-state index in [-0.39, 0.29) is 24.1 Å². The molecule has 0 spiro atoms. The minimum Gasteiger partial charge on any atom is -0.454 e. The lowest BCUT2D eigenvalue weighted by Crippen LogP contribution is -2.30. The molecule has 0 aromatic heterocycles. The van der Waals surface area contributed by atoms with E-state index in [1.807, 2.05) is 12.2 Å². The van der Waals surface area contributed by atoms with Gasteiger partial charge in [0, 0.05) is 6.61 Å². The average molecular weight is 371 g/mol. The molecule has 24 heavy (non-hydrogen) atoms. The van der Waals surface area contributed by atoms with E-state index in [1.165, 1.54) is 0 Å². The molecule has 0 radical (unpaired) electrons. The summed E-state index contributed by atoms with van der Waals surface area (Å²) in [5.74, 6) is -0.504. The molecule has 4 nitrogen and oxygen atoms in total. The Hall–Kier alpha value is -1.07. The zero-order valence-electron chi connectivity index (χ0n) is 13.3. The summed E-state index contributed by atoms with van der Waals surface area (Å²) in [6.07, 6.45) is 8.05. The smallest absolute Gasteiger partial charge is 0.341 e. The summed E-state index contributed by atoms with van der Waals surface area (Å²) in [6, 6.07) is 4.93. The van der Waals surface area contributed by atoms with Gasteiger partial charge in [-0.15, -0.1) is 0 Å². The second kappa shape index (κ2) is 8.34. The van der Waals surface area contributed by atoms with Crippen LogP contribution in [0.1, 0.15) is 42.5 Å². The third kappa shape index (κ3) is 4.51. The first-order valence-electron chi connectivity index (χ1n) is 8.24. The van der Waals surface area contributed by atoms with Gasteiger partial charge in [0.05, 0.1) is 21.7 Å². The number of halogens is 2. The van der Waals surface area contributed by atoms with Crippen molar-refractivity contribution in [3.05, 3.63) is 46.0 Å². The maximum atomic E-state index is 12.3. The van der Waals surface area contributed by atoms with Crippen molar-refractivity contribution in [2.75, 3.05) is 6.61 Å². The second-order valence-corrected chi connectivity index (χ2v) is 6.79. The lowest BCUT2D eigenvalue weighted by atomic mass is 10.0. The normalized spacial score (nSPS) is 27.0. The van der Waals surface area contributed by atoms with Crippen molar-refractivity contribution in [1.82, 2.24) is 0 Å². The van der Waals surface area contributed by atoms with E-state index in [0.29, 0.717) is 16.5 Å². The van der Waals surface area contributed by atoms with E-state index in [4.69, 9.17) is 37.4 Å². The van der Waals surface area contributed by atoms with E-state index in [2.05, 4.69) is 0 Å². The van der Waals surface area contributed by atoms with Crippen LogP contribution in [0, 0.1) is 0 Å². The third-order valence-corrected chi connectivity index (χ3v) is 4.80. The molecular weight excluding hydrogens is 351 g/mol. The second-order valence-electron chi connectivity index (χ2n) is 5.97. The summed E-state index contributed by atoms with van der Waals surface area (Å²) in [5.41, 5.74) is 0.211. The predicted molar refractivity (Wildman–Crippen MR) is 92.5 cm³/mol. The Morgan fingerprint density at radius 3 is 2.38 bits per heavy atom. The molecule has 2 aliphatic rings. The van der Waals surface area contributed by atoms with Gasteiger partial charge in [-0.1, -0.05) is 35.3 Å². The van der Waals surface area contributed by atoms with Crippen LogP contribution in [0.3, 0.4) is 0 Å². The minimum atomic E-state index is -0.504. The predicted octanol–water partition coefficient (Wildman–Crippen LogP) is 4.78. The van der Waals surface area contributed by atoms with Gasteiger partial charge in [0.1, 0.15) is 6.10 Å². The maximum absolute atomic E-state index is 12.3. The van der Waals surface area contributed by atoms with Gasteiger partial charge in [-0.3, -0.25) is 0 Å². The van der Waals surface area contributed by atoms with Crippen molar-refractivity contribution in [3.8, 4) is 0 Å². The van der Waals surface area contributed by atoms with Gasteiger partial charge < -0.3 is 14.2 Å². The molecule has 0 bridgehead atoms. The number of esters is 1. The van der Waals surface area contributed by atoms with Crippen LogP contribution in [0.2, 0.25) is 10.0 Å². The summed E-state index contributed by atoms with van der Waals surface area (Å²) < 4.78 is 17.0. The molecule has 1 heterocycles. The van der Waals surface area contributed by atoms with Crippen LogP contribution in [-0.2, 0) is 14.2 Å². The molecule has 0 amide bonds. The van der Waals surface area contributed by atoms with E-state index in [1.54, 1.807) is 18.2 Å². The fourth-order valence-electron chi connectivity index (χ4n) is 2.88. The van der Waals surface area contributed by atoms with E-state index >= 15 is 0 Å². The Bertz CT molecular complexity index is 591. The molecule has 1 aromatic rings. The molecule has 1 saturated heterocycles. The summed E-state index contributed by atoms with van der Waals surface area (Å²) in [5, 5.41) is 0.589. The first kappa shape index (κ1) is 17.7. The SMILES string of the molecule is O=C(O[C@@H]1C=C[C@H](OC2CCCCO2)CC1)c1c(Cl)cccc1Cl. The maximum Gasteiger partial charge on any atom is 0.341 e. The quantitative estimate of drug-likeness (QED) is 0.564. The monoisotopic (exact) mass is 370 g/mol. The number of rotatable bonds is 4. The number of hydrogen-bond acceptors (Lipinski definition) is 4. The Morgan fingerprint density at radius 1 is 1.04 bits per heavy atom. The van der Waals surface area contributed by atoms with E-state index in [0.717, 1.165) is 32.3 Å². The van der Waals surface area contributed by atoms with Gasteiger partial charge in [0.25, 0.3) is 0 Å². The molecule has 1 aliphatic carbocycles. The highest BCUT2D eigenvalue weighted by Crippen LogP contribution is 2.27. The Morgan fingerprint density at radius 2 is 1.75 bits per heavy atom. The number of hydrogen-bond donors (Lipinski definition) is 0. The topological polar surface area (TPSA) is 44.8 Å². The molecule has 0 N–H and O–H groups in total. The number of carbonyl (C=O) groups excluding carboxylic acids is 1. The standard InChI is InChI=1S/C18H20Cl2O4/c19-14-4-3-5-15(20)17(14)18(21)24-13-9-7-12(8-10-13)23-16-6-1-2-11-22-16/h3-5,7,9,12-13,16H,1-2,6,8,10-11H2/t12-,13+,16?/m0/s1. The zero-order chi connectivity index (χ0) is 16.9. The van der Waals surface area contributed by atoms with Crippen LogP contribution in [-0.4, -0.2) is 31.1 Å². The third-order valence-electron chi connectivity index (χ3n) is 4.17. The highest BCUT2D eigenvalue weighted by molar-refractivity contribution is 6.39. The van der Waals surface area contributed by atoms with Crippen molar-refractivity contribution in [3.63, 3.8) is 0 Å². The molecule has 3 rings (SSSR count). The number of carbonyl (C=O) groups is 1. The van der Waals surface area contributed by atoms with E-state index in [9.17, 15) is 4.79 Å². The molecule has 1 aromatic carbocycles. The van der Waals surface area contributed by atoms with Gasteiger partial charge in [0.2, 0.25) is 0 Å². The van der Waals surface area contributed by atoms with Crippen LogP contribution in [0.4, 0.5) is 0 Å². The van der Waals surface area contributed by atoms with Crippen molar-refractivity contribution in [2.45, 2.75) is 50.6 Å². The van der Waals surface area contributed by atoms with Crippen LogP contribution >= 0.6 is 23.2 Å². The van der Waals surface area contributed by atoms with Crippen LogP contribution < -0.4 is 0 Å². The highest BCUT2D eigenvalue weighted by atomic mass is 35.5. The number of ether oxygens (including phenoxy) is 3. The minimum absolute atomic E-state index is 0.00644. The van der Waals surface area contributed by atoms with Gasteiger partial charge in [0.15, 0.2) is 6.29 Å². The summed E-state index contributed by atoms with van der Waals surface area (Å²) >= 11 is 12.1. The summed E-state index contributed by atoms with van der Waals surface area (Å²) in [6.45, 7) is 0.764. The molecule has 3 atom stereocenters. The highest BCUT2D eigenvalue weighted by Gasteiger charge is 2.25. The van der Waals surface area contributed by atoms with Crippen molar-refractivity contribution in [2.24, 2.45) is 0 Å². The van der Waals surface area contributed by atoms with Gasteiger partial charge in [-0.05, 0) is 50.3 Å². The van der Waals surface area contributed by atoms with Crippen molar-refractivity contribution in [1.29, 1.82) is 0 Å². The van der Waals surface area contributed by atoms with Crippen molar-refractivity contribution >= 4 is 29.2 Å². The molecule has 130 valence electrons. The fraction of sp³-hybridized carbons (Fsp3) is 0.500. The van der Waals surface area contributed by atoms with Gasteiger partial charge >= 0.3 is 5.97 Å².